The van der Waals surface area contributed by atoms with Crippen molar-refractivity contribution in [2.45, 2.75) is 19.9 Å². The van der Waals surface area contributed by atoms with E-state index in [0.717, 1.165) is 5.69 Å². The second-order valence-corrected chi connectivity index (χ2v) is 3.76. The molecule has 1 aromatic rings. The molecule has 0 radical (unpaired) electrons. The average Bonchev–Trinajstić information content (AvgIpc) is 2.37. The van der Waals surface area contributed by atoms with E-state index in [2.05, 4.69) is 10.6 Å². The molecule has 0 saturated carbocycles. The number of carbonyl (C=O) groups excluding carboxylic acids is 2. The Kier molecular flexibility index (Phi) is 5.87. The number of benzene rings is 1. The third-order valence-corrected chi connectivity index (χ3v) is 2.29. The largest absolute Gasteiger partial charge is 0.465 e. The molecule has 0 bridgehead atoms. The van der Waals surface area contributed by atoms with Gasteiger partial charge in [-0.25, -0.2) is 0 Å². The monoisotopic (exact) mass is 250 g/mol. The van der Waals surface area contributed by atoms with E-state index < -0.39 is 6.04 Å². The van der Waals surface area contributed by atoms with Crippen LogP contribution in [-0.2, 0) is 14.3 Å². The number of hydrogen-bond donors (Lipinski definition) is 2. The number of hydrogen-bond acceptors (Lipinski definition) is 4. The first-order chi connectivity index (χ1) is 8.63. The van der Waals surface area contributed by atoms with Crippen molar-refractivity contribution in [3.63, 3.8) is 0 Å². The molecule has 0 saturated heterocycles. The zero-order valence-corrected chi connectivity index (χ0v) is 10.6. The van der Waals surface area contributed by atoms with Crippen LogP contribution < -0.4 is 10.6 Å². The van der Waals surface area contributed by atoms with Crippen LogP contribution in [0.4, 0.5) is 5.69 Å². The number of ether oxygens (including phenoxy) is 1. The number of anilines is 1. The van der Waals surface area contributed by atoms with Crippen molar-refractivity contribution in [1.82, 2.24) is 5.32 Å². The summed E-state index contributed by atoms with van der Waals surface area (Å²) in [6.07, 6.45) is 0. The molecule has 1 amide bonds. The fourth-order valence-corrected chi connectivity index (χ4v) is 1.31. The van der Waals surface area contributed by atoms with E-state index in [1.165, 1.54) is 0 Å². The maximum absolute atomic E-state index is 11.8. The molecule has 1 unspecified atom stereocenters. The summed E-state index contributed by atoms with van der Waals surface area (Å²) in [5, 5.41) is 5.54. The molecule has 1 aromatic carbocycles. The summed E-state index contributed by atoms with van der Waals surface area (Å²) >= 11 is 0. The van der Waals surface area contributed by atoms with Crippen LogP contribution in [0.1, 0.15) is 13.8 Å². The Morgan fingerprint density at radius 1 is 1.28 bits per heavy atom. The van der Waals surface area contributed by atoms with Crippen LogP contribution in [0.5, 0.6) is 0 Å². The highest BCUT2D eigenvalue weighted by Crippen LogP contribution is 2.05. The van der Waals surface area contributed by atoms with Crippen LogP contribution in [0, 0.1) is 0 Å². The van der Waals surface area contributed by atoms with E-state index in [1.807, 2.05) is 18.2 Å². The van der Waals surface area contributed by atoms with E-state index in [9.17, 15) is 9.59 Å². The summed E-state index contributed by atoms with van der Waals surface area (Å²) in [6, 6.07) is 8.69. The van der Waals surface area contributed by atoms with Crippen LogP contribution >= 0.6 is 0 Å². The maximum Gasteiger partial charge on any atom is 0.319 e. The molecule has 0 heterocycles. The molecule has 2 N–H and O–H groups in total. The Balaban J connectivity index is 2.35. The van der Waals surface area contributed by atoms with Crippen molar-refractivity contribution < 1.29 is 14.3 Å². The number of rotatable bonds is 6. The molecular formula is C13H18N2O3. The maximum atomic E-state index is 11.8. The number of amides is 1. The van der Waals surface area contributed by atoms with Gasteiger partial charge in [-0.2, -0.15) is 0 Å². The molecule has 0 aliphatic rings. The van der Waals surface area contributed by atoms with Gasteiger partial charge in [0.15, 0.2) is 0 Å². The van der Waals surface area contributed by atoms with Gasteiger partial charge in [-0.1, -0.05) is 18.2 Å². The van der Waals surface area contributed by atoms with E-state index in [4.69, 9.17) is 4.74 Å². The summed E-state index contributed by atoms with van der Waals surface area (Å²) in [6.45, 7) is 3.79. The molecule has 5 heteroatoms. The van der Waals surface area contributed by atoms with Gasteiger partial charge in [0.05, 0.1) is 19.2 Å². The Morgan fingerprint density at radius 3 is 2.56 bits per heavy atom. The van der Waals surface area contributed by atoms with Crippen LogP contribution in [0.2, 0.25) is 0 Å². The Bertz CT molecular complexity index is 392. The zero-order chi connectivity index (χ0) is 13.4. The molecule has 1 atom stereocenters. The van der Waals surface area contributed by atoms with Gasteiger partial charge in [-0.05, 0) is 26.0 Å². The molecule has 5 nitrogen and oxygen atoms in total. The van der Waals surface area contributed by atoms with Crippen molar-refractivity contribution in [2.75, 3.05) is 18.5 Å². The van der Waals surface area contributed by atoms with Crippen LogP contribution in [0.15, 0.2) is 30.3 Å². The molecule has 18 heavy (non-hydrogen) atoms. The van der Waals surface area contributed by atoms with Gasteiger partial charge >= 0.3 is 5.97 Å². The van der Waals surface area contributed by atoms with Crippen LogP contribution in [-0.4, -0.2) is 31.1 Å². The lowest BCUT2D eigenvalue weighted by Crippen LogP contribution is -2.41. The zero-order valence-electron chi connectivity index (χ0n) is 10.6. The topological polar surface area (TPSA) is 67.4 Å². The van der Waals surface area contributed by atoms with Gasteiger partial charge in [0.25, 0.3) is 0 Å². The van der Waals surface area contributed by atoms with E-state index in [0.29, 0.717) is 6.61 Å². The summed E-state index contributed by atoms with van der Waals surface area (Å²) in [7, 11) is 0. The minimum Gasteiger partial charge on any atom is -0.465 e. The fraction of sp³-hybridized carbons (Fsp3) is 0.385. The van der Waals surface area contributed by atoms with Crippen molar-refractivity contribution in [2.24, 2.45) is 0 Å². The molecule has 0 spiro atoms. The second kappa shape index (κ2) is 7.45. The van der Waals surface area contributed by atoms with Gasteiger partial charge in [-0.3, -0.25) is 14.9 Å². The number of carbonyl (C=O) groups is 2. The van der Waals surface area contributed by atoms with Crippen molar-refractivity contribution in [1.29, 1.82) is 0 Å². The quantitative estimate of drug-likeness (QED) is 0.744. The molecule has 0 aromatic heterocycles. The predicted molar refractivity (Wildman–Crippen MR) is 69.2 cm³/mol. The molecular weight excluding hydrogens is 232 g/mol. The first-order valence-electron chi connectivity index (χ1n) is 5.88. The lowest BCUT2D eigenvalue weighted by Gasteiger charge is -2.13. The average molecular weight is 250 g/mol. The highest BCUT2D eigenvalue weighted by molar-refractivity contribution is 5.94. The van der Waals surface area contributed by atoms with Crippen LogP contribution in [0.25, 0.3) is 0 Å². The van der Waals surface area contributed by atoms with Crippen molar-refractivity contribution >= 4 is 17.6 Å². The molecule has 1 rings (SSSR count). The summed E-state index contributed by atoms with van der Waals surface area (Å²) in [5.74, 6) is -0.553. The number of nitrogens with one attached hydrogen (secondary N) is 2. The van der Waals surface area contributed by atoms with Gasteiger partial charge < -0.3 is 10.1 Å². The summed E-state index contributed by atoms with van der Waals surface area (Å²) in [4.78, 5) is 22.9. The van der Waals surface area contributed by atoms with Gasteiger partial charge in [0.1, 0.15) is 0 Å². The van der Waals surface area contributed by atoms with Gasteiger partial charge in [0.2, 0.25) is 5.91 Å². The third kappa shape index (κ3) is 4.97. The van der Waals surface area contributed by atoms with Crippen LogP contribution in [0.3, 0.4) is 0 Å². The summed E-state index contributed by atoms with van der Waals surface area (Å²) in [5.41, 5.74) is 0.729. The third-order valence-electron chi connectivity index (χ3n) is 2.29. The summed E-state index contributed by atoms with van der Waals surface area (Å²) < 4.78 is 4.76. The molecule has 0 aliphatic carbocycles. The number of esters is 1. The Morgan fingerprint density at radius 2 is 1.94 bits per heavy atom. The van der Waals surface area contributed by atoms with E-state index >= 15 is 0 Å². The van der Waals surface area contributed by atoms with E-state index in [1.54, 1.807) is 26.0 Å². The van der Waals surface area contributed by atoms with Crippen molar-refractivity contribution in [3.05, 3.63) is 30.3 Å². The lowest BCUT2D eigenvalue weighted by molar-refractivity contribution is -0.142. The SMILES string of the molecule is CCOC(=O)CNC(C)C(=O)Nc1ccccc1. The standard InChI is InChI=1S/C13H18N2O3/c1-3-18-12(16)9-14-10(2)13(17)15-11-7-5-4-6-8-11/h4-8,10,14H,3,9H2,1-2H3,(H,15,17). The Hall–Kier alpha value is -1.88. The fourth-order valence-electron chi connectivity index (χ4n) is 1.31. The minimum absolute atomic E-state index is 0.0250. The van der Waals surface area contributed by atoms with Crippen molar-refractivity contribution in [3.8, 4) is 0 Å². The normalized spacial score (nSPS) is 11.7. The van der Waals surface area contributed by atoms with E-state index in [-0.39, 0.29) is 18.4 Å². The molecule has 0 fully saturated rings. The number of para-hydroxylation sites is 1. The smallest absolute Gasteiger partial charge is 0.319 e. The minimum atomic E-state index is -0.463. The molecule has 0 aliphatic heterocycles. The second-order valence-electron chi connectivity index (χ2n) is 3.76. The molecule has 98 valence electrons. The first-order valence-corrected chi connectivity index (χ1v) is 5.88. The Labute approximate surface area is 107 Å². The highest BCUT2D eigenvalue weighted by atomic mass is 16.5. The van der Waals surface area contributed by atoms with Gasteiger partial charge in [-0.15, -0.1) is 0 Å². The predicted octanol–water partition coefficient (Wildman–Crippen LogP) is 1.17. The highest BCUT2D eigenvalue weighted by Gasteiger charge is 2.13. The van der Waals surface area contributed by atoms with Gasteiger partial charge in [0, 0.05) is 5.69 Å². The lowest BCUT2D eigenvalue weighted by atomic mass is 10.2. The first kappa shape index (κ1) is 14.2.